The number of benzene rings is 2. The molecule has 0 unspecified atom stereocenters. The van der Waals surface area contributed by atoms with Crippen molar-refractivity contribution >= 4 is 29.3 Å². The maximum atomic E-state index is 12.4. The normalized spacial score (nSPS) is 10.7. The van der Waals surface area contributed by atoms with Crippen LogP contribution in [0.5, 0.6) is 0 Å². The van der Waals surface area contributed by atoms with E-state index in [4.69, 9.17) is 0 Å². The smallest absolute Gasteiger partial charge is 0.251 e. The molecule has 0 atom stereocenters. The van der Waals surface area contributed by atoms with Gasteiger partial charge < -0.3 is 15.2 Å². The highest BCUT2D eigenvalue weighted by Gasteiger charge is 2.15. The highest BCUT2D eigenvalue weighted by atomic mass is 32.2. The van der Waals surface area contributed by atoms with Crippen LogP contribution in [0.2, 0.25) is 0 Å². The van der Waals surface area contributed by atoms with Gasteiger partial charge in [0.25, 0.3) is 5.91 Å². The van der Waals surface area contributed by atoms with Crippen LogP contribution in [0.4, 0.5) is 5.69 Å². The highest BCUT2D eigenvalue weighted by molar-refractivity contribution is 7.99. The number of carbonyl (C=O) groups excluding carboxylic acids is 2. The number of carbonyl (C=O) groups is 2. The maximum absolute atomic E-state index is 12.4. The lowest BCUT2D eigenvalue weighted by molar-refractivity contribution is -0.113. The number of hydrogen-bond acceptors (Lipinski definition) is 5. The van der Waals surface area contributed by atoms with Crippen LogP contribution in [-0.4, -0.2) is 32.3 Å². The fourth-order valence-corrected chi connectivity index (χ4v) is 3.98. The van der Waals surface area contributed by atoms with E-state index in [-0.39, 0.29) is 24.1 Å². The lowest BCUT2D eigenvalue weighted by Gasteiger charge is -2.11. The molecule has 31 heavy (non-hydrogen) atoms. The van der Waals surface area contributed by atoms with Crippen molar-refractivity contribution in [3.63, 3.8) is 0 Å². The Morgan fingerprint density at radius 3 is 2.32 bits per heavy atom. The average molecular weight is 438 g/mol. The van der Waals surface area contributed by atoms with E-state index in [1.165, 1.54) is 11.8 Å². The molecule has 2 aromatic carbocycles. The van der Waals surface area contributed by atoms with Crippen molar-refractivity contribution < 1.29 is 9.59 Å². The van der Waals surface area contributed by atoms with Gasteiger partial charge in [-0.1, -0.05) is 47.7 Å². The minimum absolute atomic E-state index is 0.0951. The second-order valence-corrected chi connectivity index (χ2v) is 8.24. The van der Waals surface area contributed by atoms with Crippen molar-refractivity contribution in [2.75, 3.05) is 11.1 Å². The monoisotopic (exact) mass is 437 g/mol. The minimum atomic E-state index is -0.159. The Morgan fingerprint density at radius 2 is 1.68 bits per heavy atom. The van der Waals surface area contributed by atoms with Gasteiger partial charge in [0.1, 0.15) is 0 Å². The Bertz CT molecular complexity index is 1060. The molecule has 0 aliphatic carbocycles. The van der Waals surface area contributed by atoms with Crippen LogP contribution in [0.3, 0.4) is 0 Å². The number of rotatable bonds is 8. The Morgan fingerprint density at radius 1 is 1.00 bits per heavy atom. The average Bonchev–Trinajstić information content (AvgIpc) is 3.15. The first kappa shape index (κ1) is 22.6. The third-order valence-corrected chi connectivity index (χ3v) is 5.88. The number of thioether (sulfide) groups is 1. The maximum Gasteiger partial charge on any atom is 0.251 e. The summed E-state index contributed by atoms with van der Waals surface area (Å²) >= 11 is 1.33. The summed E-state index contributed by atoms with van der Waals surface area (Å²) in [5, 5.41) is 14.9. The molecule has 0 aliphatic rings. The van der Waals surface area contributed by atoms with E-state index < -0.39 is 0 Å². The predicted molar refractivity (Wildman–Crippen MR) is 123 cm³/mol. The Labute approximate surface area is 186 Å². The van der Waals surface area contributed by atoms with Gasteiger partial charge >= 0.3 is 0 Å². The van der Waals surface area contributed by atoms with Crippen molar-refractivity contribution in [1.82, 2.24) is 20.1 Å². The van der Waals surface area contributed by atoms with Gasteiger partial charge in [0.2, 0.25) is 5.91 Å². The number of anilines is 1. The molecule has 0 radical (unpaired) electrons. The van der Waals surface area contributed by atoms with Gasteiger partial charge in [-0.05, 0) is 51.0 Å². The molecule has 2 amide bonds. The molecule has 0 aliphatic heterocycles. The van der Waals surface area contributed by atoms with Crippen molar-refractivity contribution in [3.05, 3.63) is 70.5 Å². The standard InChI is InChI=1S/C23H27N5O2S/c1-5-28-19(13-24-22(30)18-11-9-15(2)10-12-18)26-27-23(28)31-14-20(29)25-21-16(3)7-6-8-17(21)4/h6-12H,5,13-14H2,1-4H3,(H,24,30)(H,25,29). The Balaban J connectivity index is 1.58. The summed E-state index contributed by atoms with van der Waals surface area (Å²) in [6.07, 6.45) is 0. The van der Waals surface area contributed by atoms with Gasteiger partial charge in [0.05, 0.1) is 12.3 Å². The molecule has 3 rings (SSSR count). The van der Waals surface area contributed by atoms with Crippen molar-refractivity contribution in [3.8, 4) is 0 Å². The molecular weight excluding hydrogens is 410 g/mol. The summed E-state index contributed by atoms with van der Waals surface area (Å²) in [5.41, 5.74) is 4.62. The largest absolute Gasteiger partial charge is 0.345 e. The molecule has 0 spiro atoms. The van der Waals surface area contributed by atoms with Crippen LogP contribution < -0.4 is 10.6 Å². The number of para-hydroxylation sites is 1. The summed E-state index contributed by atoms with van der Waals surface area (Å²) in [6, 6.07) is 13.3. The third kappa shape index (κ3) is 5.73. The van der Waals surface area contributed by atoms with Crippen molar-refractivity contribution in [2.45, 2.75) is 45.9 Å². The number of amides is 2. The lowest BCUT2D eigenvalue weighted by atomic mass is 10.1. The minimum Gasteiger partial charge on any atom is -0.345 e. The fourth-order valence-electron chi connectivity index (χ4n) is 3.16. The van der Waals surface area contributed by atoms with Gasteiger partial charge in [-0.3, -0.25) is 9.59 Å². The first-order valence-corrected chi connectivity index (χ1v) is 11.1. The fraction of sp³-hybridized carbons (Fsp3) is 0.304. The topological polar surface area (TPSA) is 88.9 Å². The van der Waals surface area contributed by atoms with Gasteiger partial charge in [-0.15, -0.1) is 10.2 Å². The van der Waals surface area contributed by atoms with E-state index in [2.05, 4.69) is 20.8 Å². The molecule has 0 bridgehead atoms. The zero-order valence-electron chi connectivity index (χ0n) is 18.2. The number of nitrogens with zero attached hydrogens (tertiary/aromatic N) is 3. The van der Waals surface area contributed by atoms with Crippen LogP contribution in [0.1, 0.15) is 39.8 Å². The Kier molecular flexibility index (Phi) is 7.46. The summed E-state index contributed by atoms with van der Waals surface area (Å²) in [5.74, 6) is 0.623. The van der Waals surface area contributed by atoms with E-state index in [0.717, 1.165) is 22.4 Å². The zero-order chi connectivity index (χ0) is 22.4. The van der Waals surface area contributed by atoms with E-state index >= 15 is 0 Å². The number of aromatic nitrogens is 3. The van der Waals surface area contributed by atoms with Crippen LogP contribution in [-0.2, 0) is 17.9 Å². The second kappa shape index (κ2) is 10.3. The molecule has 2 N–H and O–H groups in total. The van der Waals surface area contributed by atoms with E-state index in [1.54, 1.807) is 12.1 Å². The van der Waals surface area contributed by atoms with Crippen LogP contribution in [0, 0.1) is 20.8 Å². The molecule has 7 nitrogen and oxygen atoms in total. The summed E-state index contributed by atoms with van der Waals surface area (Å²) in [6.45, 7) is 8.82. The molecule has 0 saturated heterocycles. The zero-order valence-corrected chi connectivity index (χ0v) is 19.0. The van der Waals surface area contributed by atoms with E-state index in [1.807, 2.05) is 62.6 Å². The van der Waals surface area contributed by atoms with Gasteiger partial charge in [-0.25, -0.2) is 0 Å². The molecule has 0 saturated carbocycles. The summed E-state index contributed by atoms with van der Waals surface area (Å²) in [7, 11) is 0. The SMILES string of the molecule is CCn1c(CNC(=O)c2ccc(C)cc2)nnc1SCC(=O)Nc1c(C)cccc1C. The third-order valence-electron chi connectivity index (χ3n) is 4.91. The summed E-state index contributed by atoms with van der Waals surface area (Å²) in [4.78, 5) is 24.8. The van der Waals surface area contributed by atoms with Crippen LogP contribution >= 0.6 is 11.8 Å². The first-order valence-electron chi connectivity index (χ1n) is 10.1. The highest BCUT2D eigenvalue weighted by Crippen LogP contribution is 2.21. The molecule has 0 fully saturated rings. The molecule has 1 heterocycles. The lowest BCUT2D eigenvalue weighted by Crippen LogP contribution is -2.24. The molecular formula is C23H27N5O2S. The van der Waals surface area contributed by atoms with Gasteiger partial charge in [0.15, 0.2) is 11.0 Å². The van der Waals surface area contributed by atoms with E-state index in [0.29, 0.717) is 23.1 Å². The summed E-state index contributed by atoms with van der Waals surface area (Å²) < 4.78 is 1.91. The van der Waals surface area contributed by atoms with Crippen LogP contribution in [0.15, 0.2) is 47.6 Å². The van der Waals surface area contributed by atoms with Crippen molar-refractivity contribution in [1.29, 1.82) is 0 Å². The predicted octanol–water partition coefficient (Wildman–Crippen LogP) is 3.88. The van der Waals surface area contributed by atoms with E-state index in [9.17, 15) is 9.59 Å². The number of aryl methyl sites for hydroxylation is 3. The van der Waals surface area contributed by atoms with Gasteiger partial charge in [-0.2, -0.15) is 0 Å². The van der Waals surface area contributed by atoms with Crippen molar-refractivity contribution in [2.24, 2.45) is 0 Å². The number of hydrogen-bond donors (Lipinski definition) is 2. The molecule has 8 heteroatoms. The quantitative estimate of drug-likeness (QED) is 0.522. The first-order chi connectivity index (χ1) is 14.9. The molecule has 162 valence electrons. The van der Waals surface area contributed by atoms with Crippen LogP contribution in [0.25, 0.3) is 0 Å². The molecule has 3 aromatic rings. The Hall–Kier alpha value is -3.13. The molecule has 1 aromatic heterocycles. The number of nitrogens with one attached hydrogen (secondary N) is 2. The van der Waals surface area contributed by atoms with Gasteiger partial charge in [0, 0.05) is 17.8 Å². The second-order valence-electron chi connectivity index (χ2n) is 7.30.